The number of carbonyl (C=O) groups is 2. The molecule has 0 radical (unpaired) electrons. The van der Waals surface area contributed by atoms with E-state index in [0.717, 1.165) is 37.0 Å². The van der Waals surface area contributed by atoms with E-state index in [1.54, 1.807) is 24.3 Å². The first-order valence-corrected chi connectivity index (χ1v) is 9.76. The van der Waals surface area contributed by atoms with Crippen molar-refractivity contribution in [2.24, 2.45) is 17.8 Å². The molecule has 26 heavy (non-hydrogen) atoms. The van der Waals surface area contributed by atoms with Crippen LogP contribution in [0.4, 0.5) is 0 Å². The summed E-state index contributed by atoms with van der Waals surface area (Å²) in [4.78, 5) is 24.5. The maximum absolute atomic E-state index is 12.4. The number of amides is 1. The molecule has 0 atom stereocenters. The minimum Gasteiger partial charge on any atom is -0.494 e. The van der Waals surface area contributed by atoms with Gasteiger partial charge in [-0.15, -0.1) is 0 Å². The summed E-state index contributed by atoms with van der Waals surface area (Å²) < 4.78 is 10.6. The molecule has 4 aliphatic rings. The summed E-state index contributed by atoms with van der Waals surface area (Å²) in [5, 5.41) is 3.22. The largest absolute Gasteiger partial charge is 0.494 e. The van der Waals surface area contributed by atoms with Gasteiger partial charge >= 0.3 is 5.97 Å². The van der Waals surface area contributed by atoms with Gasteiger partial charge in [0.25, 0.3) is 5.91 Å². The Morgan fingerprint density at radius 1 is 1.04 bits per heavy atom. The number of benzene rings is 1. The molecular formula is C21H27NO4. The molecule has 0 unspecified atom stereocenters. The van der Waals surface area contributed by atoms with Crippen LogP contribution in [0.1, 0.15) is 55.8 Å². The van der Waals surface area contributed by atoms with E-state index in [0.29, 0.717) is 17.9 Å². The lowest BCUT2D eigenvalue weighted by atomic mass is 9.53. The second-order valence-corrected chi connectivity index (χ2v) is 8.28. The second kappa shape index (κ2) is 6.93. The third-order valence-corrected chi connectivity index (χ3v) is 6.18. The van der Waals surface area contributed by atoms with Gasteiger partial charge in [-0.1, -0.05) is 0 Å². The molecule has 4 fully saturated rings. The van der Waals surface area contributed by atoms with Crippen molar-refractivity contribution in [2.45, 2.75) is 51.0 Å². The molecule has 1 aromatic rings. The van der Waals surface area contributed by atoms with Crippen molar-refractivity contribution in [3.8, 4) is 5.75 Å². The molecule has 1 N–H and O–H groups in total. The SMILES string of the molecule is CCOc1ccc(C(=O)OCC(=O)NC23CC4CC(CC(C4)C2)C3)cc1. The predicted molar refractivity (Wildman–Crippen MR) is 96.9 cm³/mol. The van der Waals surface area contributed by atoms with Crippen molar-refractivity contribution in [3.05, 3.63) is 29.8 Å². The zero-order valence-corrected chi connectivity index (χ0v) is 15.3. The highest BCUT2D eigenvalue weighted by molar-refractivity contribution is 5.91. The molecule has 4 saturated carbocycles. The highest BCUT2D eigenvalue weighted by atomic mass is 16.5. The van der Waals surface area contributed by atoms with Crippen molar-refractivity contribution in [3.63, 3.8) is 0 Å². The fourth-order valence-corrected chi connectivity index (χ4v) is 5.66. The Labute approximate surface area is 154 Å². The fraction of sp³-hybridized carbons (Fsp3) is 0.619. The number of carbonyl (C=O) groups excluding carboxylic acids is 2. The van der Waals surface area contributed by atoms with Crippen LogP contribution < -0.4 is 10.1 Å². The number of ether oxygens (including phenoxy) is 2. The Morgan fingerprint density at radius 2 is 1.62 bits per heavy atom. The van der Waals surface area contributed by atoms with E-state index in [1.165, 1.54) is 19.3 Å². The maximum Gasteiger partial charge on any atom is 0.338 e. The van der Waals surface area contributed by atoms with Gasteiger partial charge in [0.15, 0.2) is 6.61 Å². The van der Waals surface area contributed by atoms with Crippen LogP contribution in [0.3, 0.4) is 0 Å². The van der Waals surface area contributed by atoms with Gasteiger partial charge in [0.05, 0.1) is 12.2 Å². The maximum atomic E-state index is 12.4. The normalized spacial score (nSPS) is 31.5. The van der Waals surface area contributed by atoms with Crippen molar-refractivity contribution in [2.75, 3.05) is 13.2 Å². The van der Waals surface area contributed by atoms with E-state index >= 15 is 0 Å². The lowest BCUT2D eigenvalue weighted by Crippen LogP contribution is -2.60. The molecule has 4 bridgehead atoms. The Bertz CT molecular complexity index is 646. The first-order valence-electron chi connectivity index (χ1n) is 9.76. The molecule has 0 aliphatic heterocycles. The third kappa shape index (κ3) is 3.57. The summed E-state index contributed by atoms with van der Waals surface area (Å²) in [6.07, 6.45) is 7.29. The van der Waals surface area contributed by atoms with Gasteiger partial charge in [0.1, 0.15) is 5.75 Å². The Hall–Kier alpha value is -2.04. The van der Waals surface area contributed by atoms with Crippen molar-refractivity contribution in [1.82, 2.24) is 5.32 Å². The van der Waals surface area contributed by atoms with Gasteiger partial charge in [-0.2, -0.15) is 0 Å². The Balaban J connectivity index is 1.29. The first kappa shape index (κ1) is 17.4. The van der Waals surface area contributed by atoms with Gasteiger partial charge in [-0.05, 0) is 87.5 Å². The minimum absolute atomic E-state index is 0.0443. The number of nitrogens with one attached hydrogen (secondary N) is 1. The van der Waals surface area contributed by atoms with E-state index in [4.69, 9.17) is 9.47 Å². The summed E-state index contributed by atoms with van der Waals surface area (Å²) in [7, 11) is 0. The molecule has 1 aromatic carbocycles. The van der Waals surface area contributed by atoms with Gasteiger partial charge in [0, 0.05) is 5.54 Å². The summed E-state index contributed by atoms with van der Waals surface area (Å²) in [5.74, 6) is 2.37. The summed E-state index contributed by atoms with van der Waals surface area (Å²) in [6.45, 7) is 2.27. The van der Waals surface area contributed by atoms with Crippen LogP contribution in [0.5, 0.6) is 5.75 Å². The average Bonchev–Trinajstić information content (AvgIpc) is 2.59. The zero-order valence-electron chi connectivity index (χ0n) is 15.3. The molecule has 0 saturated heterocycles. The van der Waals surface area contributed by atoms with Crippen molar-refractivity contribution < 1.29 is 19.1 Å². The van der Waals surface area contributed by atoms with Gasteiger partial charge in [-0.3, -0.25) is 4.79 Å². The number of hydrogen-bond donors (Lipinski definition) is 1. The highest BCUT2D eigenvalue weighted by Gasteiger charge is 2.51. The number of rotatable bonds is 6. The van der Waals surface area contributed by atoms with Crippen LogP contribution in [-0.2, 0) is 9.53 Å². The lowest BCUT2D eigenvalue weighted by molar-refractivity contribution is -0.130. The number of esters is 1. The molecule has 5 nitrogen and oxygen atoms in total. The molecule has 140 valence electrons. The summed E-state index contributed by atoms with van der Waals surface area (Å²) in [5.41, 5.74) is 0.383. The van der Waals surface area contributed by atoms with Crippen molar-refractivity contribution >= 4 is 11.9 Å². The molecule has 0 spiro atoms. The topological polar surface area (TPSA) is 64.6 Å². The third-order valence-electron chi connectivity index (χ3n) is 6.18. The monoisotopic (exact) mass is 357 g/mol. The first-order chi connectivity index (χ1) is 12.5. The molecule has 4 aliphatic carbocycles. The van der Waals surface area contributed by atoms with Crippen molar-refractivity contribution in [1.29, 1.82) is 0 Å². The quantitative estimate of drug-likeness (QED) is 0.793. The van der Waals surface area contributed by atoms with Crippen LogP contribution in [-0.4, -0.2) is 30.6 Å². The van der Waals surface area contributed by atoms with E-state index in [1.807, 2.05) is 6.92 Å². The smallest absolute Gasteiger partial charge is 0.338 e. The van der Waals surface area contributed by atoms with Gasteiger partial charge < -0.3 is 14.8 Å². The second-order valence-electron chi connectivity index (χ2n) is 8.28. The number of hydrogen-bond acceptors (Lipinski definition) is 4. The average molecular weight is 357 g/mol. The van der Waals surface area contributed by atoms with E-state index in [9.17, 15) is 9.59 Å². The molecule has 1 amide bonds. The van der Waals surface area contributed by atoms with Crippen LogP contribution in [0, 0.1) is 17.8 Å². The van der Waals surface area contributed by atoms with E-state index in [-0.39, 0.29) is 18.1 Å². The van der Waals surface area contributed by atoms with E-state index < -0.39 is 5.97 Å². The van der Waals surface area contributed by atoms with Crippen LogP contribution in [0.2, 0.25) is 0 Å². The van der Waals surface area contributed by atoms with E-state index in [2.05, 4.69) is 5.32 Å². The molecule has 5 rings (SSSR count). The lowest BCUT2D eigenvalue weighted by Gasteiger charge is -2.56. The van der Waals surface area contributed by atoms with Gasteiger partial charge in [-0.25, -0.2) is 4.79 Å². The summed E-state index contributed by atoms with van der Waals surface area (Å²) in [6, 6.07) is 6.78. The zero-order chi connectivity index (χ0) is 18.1. The molecule has 0 aromatic heterocycles. The fourth-order valence-electron chi connectivity index (χ4n) is 5.66. The predicted octanol–water partition coefficient (Wildman–Crippen LogP) is 3.33. The minimum atomic E-state index is -0.478. The molecular weight excluding hydrogens is 330 g/mol. The van der Waals surface area contributed by atoms with Crippen LogP contribution in [0.25, 0.3) is 0 Å². The van der Waals surface area contributed by atoms with Crippen LogP contribution >= 0.6 is 0 Å². The molecule has 5 heteroatoms. The Morgan fingerprint density at radius 3 is 2.15 bits per heavy atom. The highest BCUT2D eigenvalue weighted by Crippen LogP contribution is 2.55. The van der Waals surface area contributed by atoms with Gasteiger partial charge in [0.2, 0.25) is 0 Å². The standard InChI is InChI=1S/C21H27NO4/c1-2-25-18-5-3-17(4-6-18)20(24)26-13-19(23)22-21-10-14-7-15(11-21)9-16(8-14)12-21/h3-6,14-16H,2,7-13H2,1H3,(H,22,23). The van der Waals surface area contributed by atoms with Crippen LogP contribution in [0.15, 0.2) is 24.3 Å². The summed E-state index contributed by atoms with van der Waals surface area (Å²) >= 11 is 0. The molecule has 0 heterocycles. The Kier molecular flexibility index (Phi) is 4.63.